The fraction of sp³-hybridized carbons (Fsp3) is 0.778. The first-order valence-corrected chi connectivity index (χ1v) is 31.8. The number of likely N-dealkylation sites (N-methyl/N-ethyl adjacent to an activating group) is 1. The molecule has 424 valence electrons. The molecule has 3 atom stereocenters. The van der Waals surface area contributed by atoms with Gasteiger partial charge < -0.3 is 19.4 Å². The van der Waals surface area contributed by atoms with E-state index in [9.17, 15) is 19.0 Å². The second-order valence-corrected chi connectivity index (χ2v) is 23.0. The van der Waals surface area contributed by atoms with Crippen LogP contribution in [0, 0.1) is 0 Å². The minimum absolute atomic E-state index is 0.0378. The first-order chi connectivity index (χ1) is 35.4. The third-order valence-electron chi connectivity index (χ3n) is 13.2. The van der Waals surface area contributed by atoms with E-state index in [1.165, 1.54) is 128 Å². The number of phosphoric acid groups is 1. The van der Waals surface area contributed by atoms with Crippen LogP contribution in [0.5, 0.6) is 0 Å². The summed E-state index contributed by atoms with van der Waals surface area (Å²) in [5, 5.41) is 3.05. The van der Waals surface area contributed by atoms with Crippen LogP contribution in [0.1, 0.15) is 265 Å². The zero-order valence-electron chi connectivity index (χ0n) is 48.4. The highest BCUT2D eigenvalue weighted by Crippen LogP contribution is 2.43. The fourth-order valence-electron chi connectivity index (χ4n) is 8.50. The molecule has 3 unspecified atom stereocenters. The van der Waals surface area contributed by atoms with Gasteiger partial charge in [-0.3, -0.25) is 18.6 Å². The molecule has 0 aliphatic carbocycles. The Balaban J connectivity index is 5.10. The molecule has 0 bridgehead atoms. The van der Waals surface area contributed by atoms with Crippen molar-refractivity contribution in [3.05, 3.63) is 72.9 Å². The molecule has 0 saturated heterocycles. The largest absolute Gasteiger partial charge is 0.472 e. The molecular formula is C63H116N2O7P+. The van der Waals surface area contributed by atoms with Crippen molar-refractivity contribution in [2.45, 2.75) is 277 Å². The van der Waals surface area contributed by atoms with Crippen molar-refractivity contribution in [3.8, 4) is 0 Å². The molecule has 0 aliphatic rings. The lowest BCUT2D eigenvalue weighted by atomic mass is 10.0. The maximum atomic E-state index is 13.5. The van der Waals surface area contributed by atoms with E-state index in [-0.39, 0.29) is 25.1 Å². The number of rotatable bonds is 54. The van der Waals surface area contributed by atoms with Gasteiger partial charge in [-0.25, -0.2) is 4.57 Å². The Labute approximate surface area is 451 Å². The molecular weight excluding hydrogens is 928 g/mol. The van der Waals surface area contributed by atoms with Gasteiger partial charge in [-0.2, -0.15) is 0 Å². The van der Waals surface area contributed by atoms with Crippen LogP contribution in [-0.2, 0) is 27.9 Å². The summed E-state index contributed by atoms with van der Waals surface area (Å²) in [5.41, 5.74) is 0. The van der Waals surface area contributed by atoms with E-state index in [1.54, 1.807) is 0 Å². The number of quaternary nitrogens is 1. The number of carbonyl (C=O) groups is 2. The maximum absolute atomic E-state index is 13.5. The molecule has 0 aromatic rings. The van der Waals surface area contributed by atoms with E-state index < -0.39 is 20.0 Å². The van der Waals surface area contributed by atoms with Gasteiger partial charge in [0.1, 0.15) is 19.3 Å². The molecule has 0 heterocycles. The molecule has 0 radical (unpaired) electrons. The lowest BCUT2D eigenvalue weighted by Gasteiger charge is -2.27. The smallest absolute Gasteiger partial charge is 0.456 e. The average molecular weight is 1040 g/mol. The Morgan fingerprint density at radius 1 is 0.493 bits per heavy atom. The Morgan fingerprint density at radius 2 is 0.877 bits per heavy atom. The molecule has 10 heteroatoms. The lowest BCUT2D eigenvalue weighted by Crippen LogP contribution is -2.47. The maximum Gasteiger partial charge on any atom is 0.472 e. The van der Waals surface area contributed by atoms with Gasteiger partial charge >= 0.3 is 13.8 Å². The second-order valence-electron chi connectivity index (χ2n) is 21.5. The SMILES string of the molecule is CC/C=C\C/C=C\C/C=C\C/C=C\C/C=C\CCCCCCCCCCCC(=O)NC(COP(=O)(O)OCC[N+](C)(C)C)C(/C=C\CCCCCCCCCCC)OC(=O)CCCCCCCCCCCCC. The molecule has 0 fully saturated rings. The number of hydrogen-bond acceptors (Lipinski definition) is 6. The summed E-state index contributed by atoms with van der Waals surface area (Å²) in [6.07, 6.45) is 67.6. The number of hydrogen-bond donors (Lipinski definition) is 2. The lowest BCUT2D eigenvalue weighted by molar-refractivity contribution is -0.870. The standard InChI is InChI=1S/C63H115N2O7P/c1-7-10-13-16-19-22-25-26-27-28-29-30-31-32-33-34-35-36-37-38-41-43-46-49-52-55-62(66)64-60(59-71-73(68,69)70-58-57-65(4,5)6)61(54-51-48-45-42-39-23-20-17-14-11-8-2)72-63(67)56-53-50-47-44-40-24-21-18-15-12-9-3/h10,13,19,22,26-27,29-30,32-33,51,54,60-61H,7-9,11-12,14-18,20-21,23-25,28,31,34-50,52-53,55-59H2,1-6H3,(H-,64,66,68,69)/p+1/b13-10-,22-19-,27-26-,30-29-,33-32-,54-51-. The van der Waals surface area contributed by atoms with Crippen molar-refractivity contribution >= 4 is 19.7 Å². The van der Waals surface area contributed by atoms with Crippen LogP contribution in [0.3, 0.4) is 0 Å². The minimum atomic E-state index is -4.44. The summed E-state index contributed by atoms with van der Waals surface area (Å²) in [7, 11) is 1.49. The molecule has 9 nitrogen and oxygen atoms in total. The van der Waals surface area contributed by atoms with Crippen LogP contribution in [0.4, 0.5) is 0 Å². The summed E-state index contributed by atoms with van der Waals surface area (Å²) >= 11 is 0. The van der Waals surface area contributed by atoms with Gasteiger partial charge in [0, 0.05) is 12.8 Å². The third-order valence-corrected chi connectivity index (χ3v) is 14.1. The number of nitrogens with zero attached hydrogens (tertiary/aromatic N) is 1. The summed E-state index contributed by atoms with van der Waals surface area (Å²) in [5.74, 6) is -0.511. The van der Waals surface area contributed by atoms with Gasteiger partial charge in [0.05, 0.1) is 33.8 Å². The zero-order valence-corrected chi connectivity index (χ0v) is 49.3. The highest BCUT2D eigenvalue weighted by Gasteiger charge is 2.30. The number of ether oxygens (including phenoxy) is 1. The van der Waals surface area contributed by atoms with Crippen LogP contribution in [-0.4, -0.2) is 74.3 Å². The molecule has 0 saturated carbocycles. The third kappa shape index (κ3) is 54.1. The van der Waals surface area contributed by atoms with Crippen LogP contribution in [0.2, 0.25) is 0 Å². The first-order valence-electron chi connectivity index (χ1n) is 30.3. The molecule has 1 amide bonds. The number of esters is 1. The topological polar surface area (TPSA) is 111 Å². The average Bonchev–Trinajstić information content (AvgIpc) is 3.35. The quantitative estimate of drug-likeness (QED) is 0.0205. The van der Waals surface area contributed by atoms with Crippen LogP contribution < -0.4 is 5.32 Å². The van der Waals surface area contributed by atoms with Gasteiger partial charge in [0.2, 0.25) is 5.91 Å². The highest BCUT2D eigenvalue weighted by molar-refractivity contribution is 7.47. The second kappa shape index (κ2) is 52.9. The number of nitrogens with one attached hydrogen (secondary N) is 1. The Morgan fingerprint density at radius 3 is 1.32 bits per heavy atom. The van der Waals surface area contributed by atoms with Gasteiger partial charge in [0.15, 0.2) is 0 Å². The van der Waals surface area contributed by atoms with E-state index in [4.69, 9.17) is 13.8 Å². The monoisotopic (exact) mass is 1040 g/mol. The molecule has 0 aromatic heterocycles. The number of allylic oxidation sites excluding steroid dienone is 11. The van der Waals surface area contributed by atoms with Gasteiger partial charge in [-0.1, -0.05) is 248 Å². The Hall–Kier alpha value is -2.55. The summed E-state index contributed by atoms with van der Waals surface area (Å²) in [6, 6.07) is -0.850. The number of amides is 1. The minimum Gasteiger partial charge on any atom is -0.456 e. The molecule has 0 spiro atoms. The van der Waals surface area contributed by atoms with Crippen molar-refractivity contribution in [2.24, 2.45) is 0 Å². The van der Waals surface area contributed by atoms with Crippen LogP contribution in [0.25, 0.3) is 0 Å². The van der Waals surface area contributed by atoms with E-state index in [0.717, 1.165) is 103 Å². The predicted octanol–water partition coefficient (Wildman–Crippen LogP) is 18.4. The fourth-order valence-corrected chi connectivity index (χ4v) is 9.23. The molecule has 0 aliphatic heterocycles. The molecule has 0 rings (SSSR count). The van der Waals surface area contributed by atoms with Gasteiger partial charge in [-0.05, 0) is 76.7 Å². The number of unbranched alkanes of at least 4 members (excludes halogenated alkanes) is 28. The van der Waals surface area contributed by atoms with Crippen molar-refractivity contribution in [3.63, 3.8) is 0 Å². The van der Waals surface area contributed by atoms with Gasteiger partial charge in [-0.15, -0.1) is 0 Å². The molecule has 73 heavy (non-hydrogen) atoms. The predicted molar refractivity (Wildman–Crippen MR) is 314 cm³/mol. The van der Waals surface area contributed by atoms with E-state index in [1.807, 2.05) is 33.3 Å². The zero-order chi connectivity index (χ0) is 53.6. The van der Waals surface area contributed by atoms with Crippen molar-refractivity contribution in [1.29, 1.82) is 0 Å². The van der Waals surface area contributed by atoms with Crippen LogP contribution in [0.15, 0.2) is 72.9 Å². The first kappa shape index (κ1) is 70.5. The van der Waals surface area contributed by atoms with E-state index in [0.29, 0.717) is 23.9 Å². The molecule has 2 N–H and O–H groups in total. The summed E-state index contributed by atoms with van der Waals surface area (Å²) in [4.78, 5) is 37.6. The van der Waals surface area contributed by atoms with E-state index in [2.05, 4.69) is 86.8 Å². The number of phosphoric ester groups is 1. The normalized spacial score (nSPS) is 14.2. The van der Waals surface area contributed by atoms with Gasteiger partial charge in [0.25, 0.3) is 0 Å². The Bertz CT molecular complexity index is 1480. The summed E-state index contributed by atoms with van der Waals surface area (Å²) < 4.78 is 30.6. The number of carbonyl (C=O) groups excluding carboxylic acids is 2. The summed E-state index contributed by atoms with van der Waals surface area (Å²) in [6.45, 7) is 6.88. The Kier molecular flexibility index (Phi) is 51.0. The van der Waals surface area contributed by atoms with E-state index >= 15 is 0 Å². The van der Waals surface area contributed by atoms with Crippen molar-refractivity contribution < 1.29 is 37.3 Å². The van der Waals surface area contributed by atoms with Crippen molar-refractivity contribution in [2.75, 3.05) is 40.9 Å². The highest BCUT2D eigenvalue weighted by atomic mass is 31.2. The molecule has 0 aromatic carbocycles. The van der Waals surface area contributed by atoms with Crippen molar-refractivity contribution in [1.82, 2.24) is 5.32 Å². The van der Waals surface area contributed by atoms with Crippen LogP contribution >= 0.6 is 7.82 Å².